The molecule has 2 rings (SSSR count). The third kappa shape index (κ3) is 3.56. The number of methoxy groups -OCH3 is 1. The lowest BCUT2D eigenvalue weighted by molar-refractivity contribution is 0.414. The van der Waals surface area contributed by atoms with Gasteiger partial charge in [-0.1, -0.05) is 29.8 Å². The molecule has 0 bridgehead atoms. The van der Waals surface area contributed by atoms with E-state index < -0.39 is 0 Å². The van der Waals surface area contributed by atoms with Crippen LogP contribution in [0.1, 0.15) is 24.1 Å². The van der Waals surface area contributed by atoms with E-state index in [1.807, 2.05) is 12.1 Å². The van der Waals surface area contributed by atoms with Gasteiger partial charge in [-0.2, -0.15) is 0 Å². The Hall–Kier alpha value is -2.00. The molecule has 112 valence electrons. The van der Waals surface area contributed by atoms with Crippen LogP contribution in [0, 0.1) is 6.92 Å². The highest BCUT2D eigenvalue weighted by atomic mass is 16.5. The number of anilines is 1. The Labute approximate surface area is 127 Å². The van der Waals surface area contributed by atoms with Crippen molar-refractivity contribution >= 4 is 5.69 Å². The van der Waals surface area contributed by atoms with Crippen molar-refractivity contribution in [3.8, 4) is 5.75 Å². The van der Waals surface area contributed by atoms with Crippen LogP contribution in [0.25, 0.3) is 0 Å². The van der Waals surface area contributed by atoms with E-state index in [9.17, 15) is 0 Å². The largest absolute Gasteiger partial charge is 0.497 e. The SMILES string of the molecule is CCN(c1ccc(C)cc1)C(CN)c1ccc(OC)cc1. The molecule has 0 saturated heterocycles. The maximum atomic E-state index is 6.05. The fourth-order valence-corrected chi connectivity index (χ4v) is 2.59. The monoisotopic (exact) mass is 284 g/mol. The van der Waals surface area contributed by atoms with E-state index in [1.165, 1.54) is 16.8 Å². The molecular formula is C18H24N2O. The fraction of sp³-hybridized carbons (Fsp3) is 0.333. The lowest BCUT2D eigenvalue weighted by Crippen LogP contribution is -2.33. The summed E-state index contributed by atoms with van der Waals surface area (Å²) in [6.45, 7) is 5.75. The first-order valence-corrected chi connectivity index (χ1v) is 7.37. The highest BCUT2D eigenvalue weighted by Gasteiger charge is 2.18. The predicted molar refractivity (Wildman–Crippen MR) is 89.0 cm³/mol. The van der Waals surface area contributed by atoms with E-state index in [1.54, 1.807) is 7.11 Å². The van der Waals surface area contributed by atoms with Gasteiger partial charge in [0.1, 0.15) is 5.75 Å². The lowest BCUT2D eigenvalue weighted by Gasteiger charge is -2.32. The van der Waals surface area contributed by atoms with E-state index >= 15 is 0 Å². The highest BCUT2D eigenvalue weighted by molar-refractivity contribution is 5.50. The Morgan fingerprint density at radius 1 is 1.05 bits per heavy atom. The van der Waals surface area contributed by atoms with Gasteiger partial charge in [0, 0.05) is 18.8 Å². The topological polar surface area (TPSA) is 38.5 Å². The van der Waals surface area contributed by atoms with Crippen molar-refractivity contribution in [1.29, 1.82) is 0 Å². The quantitative estimate of drug-likeness (QED) is 0.882. The smallest absolute Gasteiger partial charge is 0.118 e. The fourth-order valence-electron chi connectivity index (χ4n) is 2.59. The van der Waals surface area contributed by atoms with Gasteiger partial charge in [0.25, 0.3) is 0 Å². The molecule has 0 heterocycles. The molecule has 0 aliphatic rings. The first-order chi connectivity index (χ1) is 10.2. The zero-order chi connectivity index (χ0) is 15.2. The maximum absolute atomic E-state index is 6.05. The zero-order valence-corrected chi connectivity index (χ0v) is 13.0. The molecule has 2 aromatic rings. The Bertz CT molecular complexity index is 548. The van der Waals surface area contributed by atoms with Gasteiger partial charge in [0.05, 0.1) is 13.2 Å². The minimum atomic E-state index is 0.170. The van der Waals surface area contributed by atoms with Crippen LogP contribution in [-0.2, 0) is 0 Å². The summed E-state index contributed by atoms with van der Waals surface area (Å²) in [6, 6.07) is 16.9. The molecule has 2 aromatic carbocycles. The third-order valence-electron chi connectivity index (χ3n) is 3.81. The standard InChI is InChI=1S/C18H24N2O/c1-4-20(16-9-5-14(2)6-10-16)18(13-19)15-7-11-17(21-3)12-8-15/h5-12,18H,4,13,19H2,1-3H3. The average Bonchev–Trinajstić information content (AvgIpc) is 2.54. The first-order valence-electron chi connectivity index (χ1n) is 7.37. The van der Waals surface area contributed by atoms with Crippen molar-refractivity contribution < 1.29 is 4.74 Å². The molecule has 1 unspecified atom stereocenters. The Morgan fingerprint density at radius 2 is 1.67 bits per heavy atom. The minimum Gasteiger partial charge on any atom is -0.497 e. The van der Waals surface area contributed by atoms with Gasteiger partial charge in [-0.05, 0) is 43.7 Å². The van der Waals surface area contributed by atoms with Crippen LogP contribution in [0.4, 0.5) is 5.69 Å². The Morgan fingerprint density at radius 3 is 2.14 bits per heavy atom. The summed E-state index contributed by atoms with van der Waals surface area (Å²) in [6.07, 6.45) is 0. The minimum absolute atomic E-state index is 0.170. The van der Waals surface area contributed by atoms with Crippen LogP contribution < -0.4 is 15.4 Å². The number of rotatable bonds is 6. The van der Waals surface area contributed by atoms with Gasteiger partial charge < -0.3 is 15.4 Å². The molecule has 0 aliphatic carbocycles. The lowest BCUT2D eigenvalue weighted by atomic mass is 10.0. The summed E-state index contributed by atoms with van der Waals surface area (Å²) in [5.74, 6) is 0.868. The van der Waals surface area contributed by atoms with E-state index in [-0.39, 0.29) is 6.04 Å². The van der Waals surface area contributed by atoms with Crippen molar-refractivity contribution in [2.75, 3.05) is 25.1 Å². The summed E-state index contributed by atoms with van der Waals surface area (Å²) in [7, 11) is 1.68. The molecule has 21 heavy (non-hydrogen) atoms. The molecule has 3 heteroatoms. The van der Waals surface area contributed by atoms with Crippen molar-refractivity contribution in [3.05, 3.63) is 59.7 Å². The number of nitrogens with zero attached hydrogens (tertiary/aromatic N) is 1. The van der Waals surface area contributed by atoms with Crippen molar-refractivity contribution in [2.24, 2.45) is 5.73 Å². The second-order valence-corrected chi connectivity index (χ2v) is 5.15. The normalized spacial score (nSPS) is 12.0. The highest BCUT2D eigenvalue weighted by Crippen LogP contribution is 2.27. The van der Waals surface area contributed by atoms with Crippen LogP contribution in [0.15, 0.2) is 48.5 Å². The average molecular weight is 284 g/mol. The van der Waals surface area contributed by atoms with Gasteiger partial charge in [0.2, 0.25) is 0 Å². The zero-order valence-electron chi connectivity index (χ0n) is 13.0. The van der Waals surface area contributed by atoms with Gasteiger partial charge >= 0.3 is 0 Å². The van der Waals surface area contributed by atoms with Gasteiger partial charge in [-0.15, -0.1) is 0 Å². The second kappa shape index (κ2) is 7.14. The van der Waals surface area contributed by atoms with Crippen molar-refractivity contribution in [1.82, 2.24) is 0 Å². The number of likely N-dealkylation sites (N-methyl/N-ethyl adjacent to an activating group) is 1. The molecule has 0 aliphatic heterocycles. The molecule has 1 atom stereocenters. The van der Waals surface area contributed by atoms with Gasteiger partial charge in [0.15, 0.2) is 0 Å². The van der Waals surface area contributed by atoms with Crippen LogP contribution in [0.5, 0.6) is 5.75 Å². The van der Waals surface area contributed by atoms with Crippen LogP contribution in [-0.4, -0.2) is 20.2 Å². The molecule has 0 fully saturated rings. The van der Waals surface area contributed by atoms with Crippen LogP contribution in [0.2, 0.25) is 0 Å². The molecule has 0 spiro atoms. The summed E-state index contributed by atoms with van der Waals surface area (Å²) >= 11 is 0. The molecule has 0 amide bonds. The maximum Gasteiger partial charge on any atom is 0.118 e. The first kappa shape index (κ1) is 15.4. The van der Waals surface area contributed by atoms with E-state index in [0.717, 1.165) is 12.3 Å². The van der Waals surface area contributed by atoms with Crippen LogP contribution >= 0.6 is 0 Å². The van der Waals surface area contributed by atoms with Crippen molar-refractivity contribution in [3.63, 3.8) is 0 Å². The summed E-state index contributed by atoms with van der Waals surface area (Å²) in [4.78, 5) is 2.33. The van der Waals surface area contributed by atoms with Gasteiger partial charge in [-0.3, -0.25) is 0 Å². The van der Waals surface area contributed by atoms with Gasteiger partial charge in [-0.25, -0.2) is 0 Å². The number of benzene rings is 2. The molecule has 0 saturated carbocycles. The molecule has 3 nitrogen and oxygen atoms in total. The van der Waals surface area contributed by atoms with E-state index in [4.69, 9.17) is 10.5 Å². The number of ether oxygens (including phenoxy) is 1. The number of hydrogen-bond donors (Lipinski definition) is 1. The Kier molecular flexibility index (Phi) is 5.23. The number of aryl methyl sites for hydroxylation is 1. The molecule has 0 radical (unpaired) electrons. The van der Waals surface area contributed by atoms with E-state index in [2.05, 4.69) is 55.1 Å². The summed E-state index contributed by atoms with van der Waals surface area (Å²) < 4.78 is 5.22. The molecular weight excluding hydrogens is 260 g/mol. The van der Waals surface area contributed by atoms with Crippen molar-refractivity contribution in [2.45, 2.75) is 19.9 Å². The Balaban J connectivity index is 2.29. The third-order valence-corrected chi connectivity index (χ3v) is 3.81. The second-order valence-electron chi connectivity index (χ2n) is 5.15. The molecule has 0 aromatic heterocycles. The summed E-state index contributed by atoms with van der Waals surface area (Å²) in [5.41, 5.74) is 9.73. The number of nitrogens with two attached hydrogens (primary N) is 1. The molecule has 2 N–H and O–H groups in total. The van der Waals surface area contributed by atoms with Crippen LogP contribution in [0.3, 0.4) is 0 Å². The summed E-state index contributed by atoms with van der Waals surface area (Å²) in [5, 5.41) is 0. The van der Waals surface area contributed by atoms with E-state index in [0.29, 0.717) is 6.54 Å². The predicted octanol–water partition coefficient (Wildman–Crippen LogP) is 3.53. The number of hydrogen-bond acceptors (Lipinski definition) is 3.